The molecule has 53 heavy (non-hydrogen) atoms. The molecule has 0 aliphatic heterocycles. The third kappa shape index (κ3) is 5.56. The number of benzene rings is 7. The summed E-state index contributed by atoms with van der Waals surface area (Å²) < 4.78 is 4.56. The molecule has 0 amide bonds. The average molecular weight is 687 g/mol. The Bertz CT molecular complexity index is 2890. The second kappa shape index (κ2) is 13.1. The summed E-state index contributed by atoms with van der Waals surface area (Å²) in [5.74, 6) is 0.477. The fraction of sp³-hybridized carbons (Fsp3) is 0.0612. The third-order valence-electron chi connectivity index (χ3n) is 10.3. The number of allylic oxidation sites excluding steroid dienone is 4. The van der Waals surface area contributed by atoms with Crippen molar-refractivity contribution >= 4 is 49.2 Å². The molecular formula is C49H38N2O2. The van der Waals surface area contributed by atoms with E-state index in [1.165, 1.54) is 22.3 Å². The predicted molar refractivity (Wildman–Crippen MR) is 222 cm³/mol. The van der Waals surface area contributed by atoms with Crippen molar-refractivity contribution in [1.29, 1.82) is 0 Å². The molecule has 256 valence electrons. The lowest BCUT2D eigenvalue weighted by Crippen LogP contribution is -1.95. The zero-order valence-electron chi connectivity index (χ0n) is 29.7. The molecule has 0 saturated carbocycles. The van der Waals surface area contributed by atoms with E-state index in [0.29, 0.717) is 0 Å². The molecule has 0 bridgehead atoms. The van der Waals surface area contributed by atoms with Crippen LogP contribution in [0.15, 0.2) is 170 Å². The van der Waals surface area contributed by atoms with Gasteiger partial charge in [0.15, 0.2) is 0 Å². The van der Waals surface area contributed by atoms with Crippen LogP contribution < -0.4 is 0 Å². The quantitative estimate of drug-likeness (QED) is 0.164. The van der Waals surface area contributed by atoms with Gasteiger partial charge in [-0.25, -0.2) is 0 Å². The summed E-state index contributed by atoms with van der Waals surface area (Å²) in [4.78, 5) is 0. The molecule has 0 saturated heterocycles. The van der Waals surface area contributed by atoms with E-state index < -0.39 is 0 Å². The number of hydrogen-bond donors (Lipinski definition) is 2. The zero-order chi connectivity index (χ0) is 36.1. The summed E-state index contributed by atoms with van der Waals surface area (Å²) in [6, 6.07) is 52.2. The maximum Gasteiger partial charge on any atom is 0.116 e. The van der Waals surface area contributed by atoms with Crippen molar-refractivity contribution in [3.63, 3.8) is 0 Å². The Morgan fingerprint density at radius 1 is 0.491 bits per heavy atom. The van der Waals surface area contributed by atoms with E-state index in [0.717, 1.165) is 72.5 Å². The van der Waals surface area contributed by atoms with Crippen LogP contribution in [-0.4, -0.2) is 19.3 Å². The Morgan fingerprint density at radius 3 is 1.57 bits per heavy atom. The van der Waals surface area contributed by atoms with Crippen LogP contribution in [0.5, 0.6) is 11.5 Å². The number of aromatic hydroxyl groups is 2. The van der Waals surface area contributed by atoms with E-state index >= 15 is 0 Å². The first-order valence-electron chi connectivity index (χ1n) is 18.1. The van der Waals surface area contributed by atoms with E-state index in [9.17, 15) is 10.2 Å². The van der Waals surface area contributed by atoms with E-state index in [1.54, 1.807) is 12.1 Å². The van der Waals surface area contributed by atoms with E-state index in [2.05, 4.69) is 150 Å². The highest BCUT2D eigenvalue weighted by molar-refractivity contribution is 6.13. The van der Waals surface area contributed by atoms with Crippen molar-refractivity contribution in [3.8, 4) is 45.1 Å². The van der Waals surface area contributed by atoms with Gasteiger partial charge in [0.25, 0.3) is 0 Å². The van der Waals surface area contributed by atoms with Crippen molar-refractivity contribution in [2.45, 2.75) is 20.3 Å². The number of hydrogen-bond acceptors (Lipinski definition) is 2. The van der Waals surface area contributed by atoms with Crippen LogP contribution in [0.3, 0.4) is 0 Å². The maximum atomic E-state index is 10.7. The number of phenols is 2. The second-order valence-electron chi connectivity index (χ2n) is 13.6. The van der Waals surface area contributed by atoms with Gasteiger partial charge in [0.2, 0.25) is 0 Å². The number of fused-ring (bicyclic) bond motifs is 6. The molecule has 2 aromatic heterocycles. The summed E-state index contributed by atoms with van der Waals surface area (Å²) in [6.45, 7) is 4.21. The predicted octanol–water partition coefficient (Wildman–Crippen LogP) is 13.0. The molecule has 0 fully saturated rings. The van der Waals surface area contributed by atoms with Crippen LogP contribution in [0, 0.1) is 0 Å². The smallest absolute Gasteiger partial charge is 0.116 e. The fourth-order valence-electron chi connectivity index (χ4n) is 7.88. The normalized spacial score (nSPS) is 12.2. The van der Waals surface area contributed by atoms with Crippen molar-refractivity contribution in [2.24, 2.45) is 0 Å². The molecule has 9 aromatic rings. The Balaban J connectivity index is 1.19. The number of rotatable bonds is 7. The Hall–Kier alpha value is -6.78. The standard InChI is InChI=1S/C49H38N2O2/c1-3-9-32(10-4-2)35-13-8-14-39(27-35)51-47-24-18-37(29-43(47)45-31-41(53)22-26-49(45)51)36-17-23-46-42(28-36)44-30-40(52)21-25-48(44)50(46)38-19-15-34(16-20-38)33-11-6-5-7-12-33/h3,5-31,52-53H,4H2,1-2H3/b9-3-,32-10+. The van der Waals surface area contributed by atoms with Crippen LogP contribution in [-0.2, 0) is 0 Å². The minimum absolute atomic E-state index is 0.238. The first-order chi connectivity index (χ1) is 26.0. The highest BCUT2D eigenvalue weighted by Crippen LogP contribution is 2.40. The lowest BCUT2D eigenvalue weighted by molar-refractivity contribution is 0.475. The molecule has 0 aliphatic rings. The van der Waals surface area contributed by atoms with Crippen LogP contribution in [0.2, 0.25) is 0 Å². The lowest BCUT2D eigenvalue weighted by Gasteiger charge is -2.11. The molecule has 2 heterocycles. The molecule has 4 nitrogen and oxygen atoms in total. The fourth-order valence-corrected chi connectivity index (χ4v) is 7.88. The van der Waals surface area contributed by atoms with E-state index in [4.69, 9.17) is 0 Å². The SMILES string of the molecule is C/C=C\C(=C/CC)c1cccc(-n2c3ccc(O)cc3c3cc(-c4ccc5c(c4)c4cc(O)ccc4n5-c4ccc(-c5ccccc5)cc4)ccc32)c1. The van der Waals surface area contributed by atoms with Gasteiger partial charge >= 0.3 is 0 Å². The summed E-state index contributed by atoms with van der Waals surface area (Å²) >= 11 is 0. The molecule has 0 aliphatic carbocycles. The van der Waals surface area contributed by atoms with Crippen LogP contribution in [0.1, 0.15) is 25.8 Å². The van der Waals surface area contributed by atoms with E-state index in [-0.39, 0.29) is 11.5 Å². The van der Waals surface area contributed by atoms with Gasteiger partial charge < -0.3 is 19.3 Å². The topological polar surface area (TPSA) is 50.3 Å². The highest BCUT2D eigenvalue weighted by Gasteiger charge is 2.17. The van der Waals surface area contributed by atoms with Crippen LogP contribution in [0.4, 0.5) is 0 Å². The van der Waals surface area contributed by atoms with Crippen molar-refractivity contribution in [3.05, 3.63) is 175 Å². The Kier molecular flexibility index (Phi) is 7.93. The van der Waals surface area contributed by atoms with Crippen LogP contribution >= 0.6 is 0 Å². The molecule has 0 radical (unpaired) electrons. The summed E-state index contributed by atoms with van der Waals surface area (Å²) in [7, 11) is 0. The van der Waals surface area contributed by atoms with Gasteiger partial charge in [-0.3, -0.25) is 0 Å². The first-order valence-corrected chi connectivity index (χ1v) is 18.1. The van der Waals surface area contributed by atoms with Gasteiger partial charge in [0, 0.05) is 32.9 Å². The van der Waals surface area contributed by atoms with Gasteiger partial charge in [-0.05, 0) is 132 Å². The Labute approximate surface area is 308 Å². The number of phenolic OH excluding ortho intramolecular Hbond substituents is 2. The molecule has 4 heteroatoms. The number of aromatic nitrogens is 2. The monoisotopic (exact) mass is 686 g/mol. The molecular weight excluding hydrogens is 649 g/mol. The average Bonchev–Trinajstić information content (AvgIpc) is 3.69. The maximum absolute atomic E-state index is 10.7. The minimum atomic E-state index is 0.238. The summed E-state index contributed by atoms with van der Waals surface area (Å²) in [5.41, 5.74) is 13.2. The summed E-state index contributed by atoms with van der Waals surface area (Å²) in [5, 5.41) is 25.4. The molecule has 0 unspecified atom stereocenters. The van der Waals surface area contributed by atoms with Gasteiger partial charge in [-0.1, -0.05) is 91.9 Å². The highest BCUT2D eigenvalue weighted by atomic mass is 16.3. The number of nitrogens with zero attached hydrogens (tertiary/aromatic N) is 2. The van der Waals surface area contributed by atoms with Crippen molar-refractivity contribution in [2.75, 3.05) is 0 Å². The molecule has 7 aromatic carbocycles. The largest absolute Gasteiger partial charge is 0.508 e. The molecule has 0 atom stereocenters. The third-order valence-corrected chi connectivity index (χ3v) is 10.3. The molecule has 2 N–H and O–H groups in total. The lowest BCUT2D eigenvalue weighted by atomic mass is 10.0. The molecule has 9 rings (SSSR count). The second-order valence-corrected chi connectivity index (χ2v) is 13.6. The van der Waals surface area contributed by atoms with Gasteiger partial charge in [0.05, 0.1) is 22.1 Å². The van der Waals surface area contributed by atoms with Crippen molar-refractivity contribution in [1.82, 2.24) is 9.13 Å². The first kappa shape index (κ1) is 32.1. The summed E-state index contributed by atoms with van der Waals surface area (Å²) in [6.07, 6.45) is 7.46. The van der Waals surface area contributed by atoms with Crippen LogP contribution in [0.25, 0.3) is 82.8 Å². The van der Waals surface area contributed by atoms with Gasteiger partial charge in [-0.15, -0.1) is 0 Å². The van der Waals surface area contributed by atoms with Gasteiger partial charge in [-0.2, -0.15) is 0 Å². The zero-order valence-corrected chi connectivity index (χ0v) is 29.7. The van der Waals surface area contributed by atoms with E-state index in [1.807, 2.05) is 30.3 Å². The van der Waals surface area contributed by atoms with Gasteiger partial charge in [0.1, 0.15) is 11.5 Å². The minimum Gasteiger partial charge on any atom is -0.508 e. The molecule has 0 spiro atoms. The Morgan fingerprint density at radius 2 is 1.00 bits per heavy atom. The van der Waals surface area contributed by atoms with Crippen molar-refractivity contribution < 1.29 is 10.2 Å².